The summed E-state index contributed by atoms with van der Waals surface area (Å²) < 4.78 is 1.08. The van der Waals surface area contributed by atoms with Crippen LogP contribution < -0.4 is 15.5 Å². The van der Waals surface area contributed by atoms with Gasteiger partial charge in [-0.25, -0.2) is 4.98 Å². The van der Waals surface area contributed by atoms with Gasteiger partial charge in [-0.2, -0.15) is 4.98 Å². The maximum atomic E-state index is 12.5. The molecule has 0 spiro atoms. The predicted octanol–water partition coefficient (Wildman–Crippen LogP) is 4.18. The molecule has 0 aliphatic heterocycles. The minimum atomic E-state index is 0.0265. The van der Waals surface area contributed by atoms with Gasteiger partial charge in [0, 0.05) is 40.9 Å². The Labute approximate surface area is 192 Å². The molecule has 1 amide bonds. The van der Waals surface area contributed by atoms with Crippen LogP contribution in [0.25, 0.3) is 0 Å². The molecule has 1 heterocycles. The molecule has 160 valence electrons. The summed E-state index contributed by atoms with van der Waals surface area (Å²) in [4.78, 5) is 24.3. The van der Waals surface area contributed by atoms with Gasteiger partial charge in [0.1, 0.15) is 5.82 Å². The third-order valence-corrected chi connectivity index (χ3v) is 6.74. The zero-order valence-electron chi connectivity index (χ0n) is 17.7. The van der Waals surface area contributed by atoms with Crippen LogP contribution in [0.3, 0.4) is 0 Å². The van der Waals surface area contributed by atoms with Gasteiger partial charge in [0.25, 0.3) is 5.91 Å². The highest BCUT2D eigenvalue weighted by Gasteiger charge is 2.25. The molecule has 1 aromatic carbocycles. The van der Waals surface area contributed by atoms with E-state index in [4.69, 9.17) is 9.97 Å². The third kappa shape index (κ3) is 5.04. The van der Waals surface area contributed by atoms with Gasteiger partial charge in [-0.05, 0) is 92.2 Å². The summed E-state index contributed by atoms with van der Waals surface area (Å²) in [6.45, 7) is 0. The smallest absolute Gasteiger partial charge is 0.251 e. The number of halogens is 1. The van der Waals surface area contributed by atoms with E-state index in [-0.39, 0.29) is 11.9 Å². The lowest BCUT2D eigenvalue weighted by molar-refractivity contribution is 0.0926. The zero-order valence-corrected chi connectivity index (χ0v) is 19.9. The Balaban J connectivity index is 1.35. The van der Waals surface area contributed by atoms with E-state index in [0.29, 0.717) is 6.04 Å². The second kappa shape index (κ2) is 9.49. The van der Waals surface area contributed by atoms with Gasteiger partial charge < -0.3 is 15.5 Å². The number of aryl methyl sites for hydroxylation is 1. The lowest BCUT2D eigenvalue weighted by Gasteiger charge is -2.30. The number of aromatic nitrogens is 2. The standard InChI is InChI=1S/C23H30IN5O/c1-29(2)21-19-8-3-4-9-20(19)27-23(28-21)26-18-12-10-17(11-13-18)25-22(30)15-6-5-7-16(24)14-15/h5-7,14,17-18H,3-4,8-13H2,1-2H3,(H,25,30)(H,26,27,28)/t17-,18+. The number of carbonyl (C=O) groups is 1. The van der Waals surface area contributed by atoms with Crippen molar-refractivity contribution in [2.75, 3.05) is 24.3 Å². The molecule has 1 aromatic heterocycles. The van der Waals surface area contributed by atoms with Gasteiger partial charge in [0.2, 0.25) is 5.95 Å². The number of rotatable bonds is 5. The summed E-state index contributed by atoms with van der Waals surface area (Å²) in [6.07, 6.45) is 8.52. The molecule has 6 nitrogen and oxygen atoms in total. The number of anilines is 2. The Bertz CT molecular complexity index is 908. The molecule has 0 atom stereocenters. The van der Waals surface area contributed by atoms with Crippen LogP contribution in [-0.4, -0.2) is 42.1 Å². The fourth-order valence-corrected chi connectivity index (χ4v) is 5.01. The molecule has 30 heavy (non-hydrogen) atoms. The number of amides is 1. The van der Waals surface area contributed by atoms with E-state index in [0.717, 1.165) is 59.4 Å². The van der Waals surface area contributed by atoms with Crippen molar-refractivity contribution in [3.8, 4) is 0 Å². The van der Waals surface area contributed by atoms with E-state index in [1.165, 1.54) is 24.1 Å². The summed E-state index contributed by atoms with van der Waals surface area (Å²) >= 11 is 2.24. The molecule has 2 aliphatic rings. The molecule has 1 saturated carbocycles. The van der Waals surface area contributed by atoms with E-state index in [9.17, 15) is 4.79 Å². The van der Waals surface area contributed by atoms with Gasteiger partial charge >= 0.3 is 0 Å². The van der Waals surface area contributed by atoms with Crippen LogP contribution in [0.4, 0.5) is 11.8 Å². The van der Waals surface area contributed by atoms with Crippen molar-refractivity contribution in [2.45, 2.75) is 63.5 Å². The summed E-state index contributed by atoms with van der Waals surface area (Å²) in [5.74, 6) is 1.84. The second-order valence-corrected chi connectivity index (χ2v) is 9.82. The molecular weight excluding hydrogens is 489 g/mol. The molecule has 0 saturated heterocycles. The molecule has 2 aliphatic carbocycles. The highest BCUT2D eigenvalue weighted by Crippen LogP contribution is 2.29. The maximum absolute atomic E-state index is 12.5. The van der Waals surface area contributed by atoms with Crippen molar-refractivity contribution in [1.29, 1.82) is 0 Å². The normalized spacial score (nSPS) is 20.9. The van der Waals surface area contributed by atoms with Crippen molar-refractivity contribution < 1.29 is 4.79 Å². The molecule has 2 aromatic rings. The van der Waals surface area contributed by atoms with Crippen molar-refractivity contribution in [3.05, 3.63) is 44.7 Å². The van der Waals surface area contributed by atoms with Crippen LogP contribution in [-0.2, 0) is 12.8 Å². The summed E-state index contributed by atoms with van der Waals surface area (Å²) in [5, 5.41) is 6.78. The number of fused-ring (bicyclic) bond motifs is 1. The van der Waals surface area contributed by atoms with Crippen molar-refractivity contribution in [1.82, 2.24) is 15.3 Å². The highest BCUT2D eigenvalue weighted by molar-refractivity contribution is 14.1. The summed E-state index contributed by atoms with van der Waals surface area (Å²) in [7, 11) is 4.12. The Morgan fingerprint density at radius 1 is 1.07 bits per heavy atom. The first-order valence-corrected chi connectivity index (χ1v) is 12.0. The third-order valence-electron chi connectivity index (χ3n) is 6.07. The quantitative estimate of drug-likeness (QED) is 0.581. The molecule has 2 N–H and O–H groups in total. The van der Waals surface area contributed by atoms with Crippen molar-refractivity contribution in [2.24, 2.45) is 0 Å². The highest BCUT2D eigenvalue weighted by atomic mass is 127. The first kappa shape index (κ1) is 21.3. The predicted molar refractivity (Wildman–Crippen MR) is 129 cm³/mol. The summed E-state index contributed by atoms with van der Waals surface area (Å²) in [5.41, 5.74) is 3.26. The maximum Gasteiger partial charge on any atom is 0.251 e. The van der Waals surface area contributed by atoms with E-state index < -0.39 is 0 Å². The van der Waals surface area contributed by atoms with Crippen LogP contribution in [0, 0.1) is 3.57 Å². The lowest BCUT2D eigenvalue weighted by atomic mass is 9.91. The largest absolute Gasteiger partial charge is 0.362 e. The molecule has 4 rings (SSSR count). The van der Waals surface area contributed by atoms with Gasteiger partial charge in [-0.15, -0.1) is 0 Å². The molecule has 0 radical (unpaired) electrons. The second-order valence-electron chi connectivity index (χ2n) is 8.57. The minimum Gasteiger partial charge on any atom is -0.362 e. The Morgan fingerprint density at radius 3 is 2.53 bits per heavy atom. The van der Waals surface area contributed by atoms with Crippen molar-refractivity contribution >= 4 is 40.3 Å². The number of benzene rings is 1. The van der Waals surface area contributed by atoms with E-state index >= 15 is 0 Å². The van der Waals surface area contributed by atoms with Gasteiger partial charge in [-0.1, -0.05) is 6.07 Å². The number of nitrogens with zero attached hydrogens (tertiary/aromatic N) is 3. The molecule has 7 heteroatoms. The van der Waals surface area contributed by atoms with Crippen LogP contribution in [0.1, 0.15) is 60.1 Å². The Hall–Kier alpha value is -1.90. The average Bonchev–Trinajstić information content (AvgIpc) is 2.74. The number of hydrogen-bond acceptors (Lipinski definition) is 5. The summed E-state index contributed by atoms with van der Waals surface area (Å²) in [6, 6.07) is 8.32. The fraction of sp³-hybridized carbons (Fsp3) is 0.522. The van der Waals surface area contributed by atoms with Gasteiger partial charge in [0.15, 0.2) is 0 Å². The van der Waals surface area contributed by atoms with Gasteiger partial charge in [-0.3, -0.25) is 4.79 Å². The fourth-order valence-electron chi connectivity index (χ4n) is 4.47. The van der Waals surface area contributed by atoms with Crippen LogP contribution >= 0.6 is 22.6 Å². The molecule has 0 unspecified atom stereocenters. The molecular formula is C23H30IN5O. The number of hydrogen-bond donors (Lipinski definition) is 2. The van der Waals surface area contributed by atoms with E-state index in [1.54, 1.807) is 0 Å². The molecule has 0 bridgehead atoms. The first-order chi connectivity index (χ1) is 14.5. The zero-order chi connectivity index (χ0) is 21.1. The lowest BCUT2D eigenvalue weighted by Crippen LogP contribution is -2.40. The average molecular weight is 519 g/mol. The van der Waals surface area contributed by atoms with Crippen LogP contribution in [0.15, 0.2) is 24.3 Å². The SMILES string of the molecule is CN(C)c1nc(N[C@H]2CC[C@@H](NC(=O)c3cccc(I)c3)CC2)nc2c1CCCC2. The minimum absolute atomic E-state index is 0.0265. The first-order valence-electron chi connectivity index (χ1n) is 10.9. The Morgan fingerprint density at radius 2 is 1.80 bits per heavy atom. The van der Waals surface area contributed by atoms with E-state index in [2.05, 4.69) is 52.2 Å². The van der Waals surface area contributed by atoms with Crippen LogP contribution in [0.5, 0.6) is 0 Å². The Kier molecular flexibility index (Phi) is 6.75. The number of nitrogens with one attached hydrogen (secondary N) is 2. The van der Waals surface area contributed by atoms with Crippen molar-refractivity contribution in [3.63, 3.8) is 0 Å². The van der Waals surface area contributed by atoms with Gasteiger partial charge in [0.05, 0.1) is 5.69 Å². The monoisotopic (exact) mass is 519 g/mol. The topological polar surface area (TPSA) is 70.2 Å². The van der Waals surface area contributed by atoms with Crippen LogP contribution in [0.2, 0.25) is 0 Å². The molecule has 1 fully saturated rings. The van der Waals surface area contributed by atoms with E-state index in [1.807, 2.05) is 24.3 Å². The number of carbonyl (C=O) groups excluding carboxylic acids is 1.